The number of aromatic amines is 1. The fraction of sp³-hybridized carbons (Fsp3) is 0.273. The van der Waals surface area contributed by atoms with Crippen LogP contribution in [0.3, 0.4) is 0 Å². The van der Waals surface area contributed by atoms with E-state index in [9.17, 15) is 4.79 Å². The molecule has 2 heterocycles. The molecule has 2 rings (SSSR count). The summed E-state index contributed by atoms with van der Waals surface area (Å²) in [5.41, 5.74) is 5.64. The van der Waals surface area contributed by atoms with Crippen LogP contribution in [-0.4, -0.2) is 26.1 Å². The zero-order valence-corrected chi connectivity index (χ0v) is 9.92. The van der Waals surface area contributed by atoms with Crippen molar-refractivity contribution in [1.82, 2.24) is 25.5 Å². The first kappa shape index (κ1) is 12.0. The number of amides is 1. The molecule has 18 heavy (non-hydrogen) atoms. The maximum atomic E-state index is 11.9. The van der Waals surface area contributed by atoms with Crippen LogP contribution in [0.15, 0.2) is 24.5 Å². The highest BCUT2D eigenvalue weighted by atomic mass is 16.2. The Bertz CT molecular complexity index is 507. The first-order valence-electron chi connectivity index (χ1n) is 5.60. The molecule has 0 fully saturated rings. The van der Waals surface area contributed by atoms with Crippen molar-refractivity contribution >= 4 is 11.7 Å². The maximum absolute atomic E-state index is 11.9. The molecule has 0 saturated carbocycles. The van der Waals surface area contributed by atoms with Gasteiger partial charge in [-0.05, 0) is 18.6 Å². The fourth-order valence-electron chi connectivity index (χ4n) is 1.53. The molecule has 0 aliphatic rings. The zero-order chi connectivity index (χ0) is 13.0. The number of carbonyl (C=O) groups excluding carboxylic acids is 1. The van der Waals surface area contributed by atoms with E-state index in [0.29, 0.717) is 5.82 Å². The molecule has 1 amide bonds. The van der Waals surface area contributed by atoms with E-state index in [1.165, 1.54) is 12.1 Å². The van der Waals surface area contributed by atoms with Crippen molar-refractivity contribution in [2.24, 2.45) is 0 Å². The summed E-state index contributed by atoms with van der Waals surface area (Å²) in [6.07, 6.45) is 4.09. The Morgan fingerprint density at radius 2 is 2.33 bits per heavy atom. The third-order valence-corrected chi connectivity index (χ3v) is 2.48. The van der Waals surface area contributed by atoms with Crippen molar-refractivity contribution in [2.75, 3.05) is 5.73 Å². The second-order valence-electron chi connectivity index (χ2n) is 3.75. The third kappa shape index (κ3) is 2.62. The van der Waals surface area contributed by atoms with Gasteiger partial charge >= 0.3 is 0 Å². The Morgan fingerprint density at radius 1 is 1.50 bits per heavy atom. The van der Waals surface area contributed by atoms with Crippen LogP contribution in [-0.2, 0) is 0 Å². The molecule has 1 unspecified atom stereocenters. The molecule has 0 aliphatic heterocycles. The summed E-state index contributed by atoms with van der Waals surface area (Å²) in [5, 5.41) is 10.2. The average molecular weight is 246 g/mol. The quantitative estimate of drug-likeness (QED) is 0.734. The van der Waals surface area contributed by atoms with Crippen LogP contribution in [0.25, 0.3) is 0 Å². The lowest BCUT2D eigenvalue weighted by Gasteiger charge is -2.13. The van der Waals surface area contributed by atoms with E-state index in [1.54, 1.807) is 12.4 Å². The Labute approximate surface area is 104 Å². The topological polar surface area (TPSA) is 110 Å². The van der Waals surface area contributed by atoms with Crippen molar-refractivity contribution in [3.63, 3.8) is 0 Å². The molecule has 0 aromatic carbocycles. The second-order valence-corrected chi connectivity index (χ2v) is 3.75. The van der Waals surface area contributed by atoms with Gasteiger partial charge in [-0.2, -0.15) is 0 Å². The number of aromatic nitrogens is 4. The summed E-state index contributed by atoms with van der Waals surface area (Å²) in [7, 11) is 0. The molecule has 0 radical (unpaired) electrons. The van der Waals surface area contributed by atoms with Crippen LogP contribution >= 0.6 is 0 Å². The standard InChI is InChI=1S/C11H14N6O/c1-2-7(10-13-5-6-14-10)15-11(18)8-3-4-9(12)17-16-8/h3-7H,2H2,1H3,(H2,12,17)(H,13,14)(H,15,18). The minimum Gasteiger partial charge on any atom is -0.382 e. The number of anilines is 1. The lowest BCUT2D eigenvalue weighted by Crippen LogP contribution is -2.29. The zero-order valence-electron chi connectivity index (χ0n) is 9.92. The van der Waals surface area contributed by atoms with Gasteiger partial charge in [-0.25, -0.2) is 4.98 Å². The molecule has 0 spiro atoms. The molecular formula is C11H14N6O. The molecule has 0 saturated heterocycles. The predicted molar refractivity (Wildman–Crippen MR) is 65.5 cm³/mol. The number of rotatable bonds is 4. The average Bonchev–Trinajstić information content (AvgIpc) is 2.90. The molecule has 0 bridgehead atoms. The predicted octanol–water partition coefficient (Wildman–Crippen LogP) is 0.663. The van der Waals surface area contributed by atoms with Crippen molar-refractivity contribution < 1.29 is 4.79 Å². The van der Waals surface area contributed by atoms with E-state index in [2.05, 4.69) is 25.5 Å². The summed E-state index contributed by atoms with van der Waals surface area (Å²) in [4.78, 5) is 19.0. The van der Waals surface area contributed by atoms with E-state index in [4.69, 9.17) is 5.73 Å². The largest absolute Gasteiger partial charge is 0.382 e. The van der Waals surface area contributed by atoms with Gasteiger partial charge in [0.1, 0.15) is 11.6 Å². The molecule has 1 atom stereocenters. The van der Waals surface area contributed by atoms with Crippen LogP contribution < -0.4 is 11.1 Å². The van der Waals surface area contributed by atoms with Gasteiger partial charge in [-0.3, -0.25) is 4.79 Å². The van der Waals surface area contributed by atoms with Crippen LogP contribution in [0.2, 0.25) is 0 Å². The first-order valence-corrected chi connectivity index (χ1v) is 5.60. The minimum absolute atomic E-state index is 0.174. The molecule has 7 nitrogen and oxygen atoms in total. The Hall–Kier alpha value is -2.44. The van der Waals surface area contributed by atoms with Gasteiger partial charge in [-0.1, -0.05) is 6.92 Å². The summed E-state index contributed by atoms with van der Waals surface area (Å²) < 4.78 is 0. The normalized spacial score (nSPS) is 12.1. The van der Waals surface area contributed by atoms with Gasteiger partial charge in [0.2, 0.25) is 0 Å². The fourth-order valence-corrected chi connectivity index (χ4v) is 1.53. The summed E-state index contributed by atoms with van der Waals surface area (Å²) in [5.74, 6) is 0.699. The van der Waals surface area contributed by atoms with Gasteiger partial charge in [0.25, 0.3) is 5.91 Å². The maximum Gasteiger partial charge on any atom is 0.272 e. The number of nitrogens with one attached hydrogen (secondary N) is 2. The van der Waals surface area contributed by atoms with Crippen LogP contribution in [0, 0.1) is 0 Å². The molecule has 0 aliphatic carbocycles. The molecule has 4 N–H and O–H groups in total. The van der Waals surface area contributed by atoms with E-state index in [0.717, 1.165) is 6.42 Å². The number of nitrogens with two attached hydrogens (primary N) is 1. The van der Waals surface area contributed by atoms with Crippen LogP contribution in [0.4, 0.5) is 5.82 Å². The summed E-state index contributed by atoms with van der Waals surface area (Å²) in [6, 6.07) is 2.90. The highest BCUT2D eigenvalue weighted by molar-refractivity contribution is 5.92. The molecule has 7 heteroatoms. The summed E-state index contributed by atoms with van der Waals surface area (Å²) in [6.45, 7) is 1.96. The van der Waals surface area contributed by atoms with Gasteiger partial charge < -0.3 is 16.0 Å². The number of H-pyrrole nitrogens is 1. The van der Waals surface area contributed by atoms with E-state index in [-0.39, 0.29) is 23.5 Å². The number of nitrogens with zero attached hydrogens (tertiary/aromatic N) is 3. The van der Waals surface area contributed by atoms with Crippen molar-refractivity contribution in [3.8, 4) is 0 Å². The Kier molecular flexibility index (Phi) is 3.52. The highest BCUT2D eigenvalue weighted by Gasteiger charge is 2.16. The Morgan fingerprint density at radius 3 is 2.89 bits per heavy atom. The van der Waals surface area contributed by atoms with E-state index < -0.39 is 0 Å². The van der Waals surface area contributed by atoms with Crippen molar-refractivity contribution in [3.05, 3.63) is 36.0 Å². The number of nitrogen functional groups attached to an aromatic ring is 1. The highest BCUT2D eigenvalue weighted by Crippen LogP contribution is 2.12. The molecule has 2 aromatic rings. The number of hydrogen-bond donors (Lipinski definition) is 3. The Balaban J connectivity index is 2.08. The third-order valence-electron chi connectivity index (χ3n) is 2.48. The first-order chi connectivity index (χ1) is 8.70. The second kappa shape index (κ2) is 5.26. The number of hydrogen-bond acceptors (Lipinski definition) is 5. The lowest BCUT2D eigenvalue weighted by molar-refractivity contribution is 0.0928. The number of carbonyl (C=O) groups is 1. The molecule has 2 aromatic heterocycles. The van der Waals surface area contributed by atoms with E-state index in [1.807, 2.05) is 6.92 Å². The van der Waals surface area contributed by atoms with Crippen LogP contribution in [0.5, 0.6) is 0 Å². The monoisotopic (exact) mass is 246 g/mol. The molecular weight excluding hydrogens is 232 g/mol. The molecule has 94 valence electrons. The summed E-state index contributed by atoms with van der Waals surface area (Å²) >= 11 is 0. The SMILES string of the molecule is CCC(NC(=O)c1ccc(N)nn1)c1ncc[nH]1. The van der Waals surface area contributed by atoms with Gasteiger partial charge in [0.05, 0.1) is 6.04 Å². The number of imidazole rings is 1. The lowest BCUT2D eigenvalue weighted by atomic mass is 10.2. The van der Waals surface area contributed by atoms with Crippen molar-refractivity contribution in [2.45, 2.75) is 19.4 Å². The minimum atomic E-state index is -0.300. The smallest absolute Gasteiger partial charge is 0.272 e. The van der Waals surface area contributed by atoms with E-state index >= 15 is 0 Å². The van der Waals surface area contributed by atoms with Crippen LogP contribution in [0.1, 0.15) is 35.7 Å². The van der Waals surface area contributed by atoms with Crippen molar-refractivity contribution in [1.29, 1.82) is 0 Å². The van der Waals surface area contributed by atoms with Gasteiger partial charge in [0, 0.05) is 12.4 Å². The van der Waals surface area contributed by atoms with Gasteiger partial charge in [-0.15, -0.1) is 10.2 Å². The van der Waals surface area contributed by atoms with Gasteiger partial charge in [0.15, 0.2) is 5.69 Å².